The fraction of sp³-hybridized carbons (Fsp3) is 0.714. The van der Waals surface area contributed by atoms with Crippen LogP contribution in [0.1, 0.15) is 13.3 Å². The molecule has 0 spiro atoms. The van der Waals surface area contributed by atoms with Crippen LogP contribution in [0.3, 0.4) is 0 Å². The van der Waals surface area contributed by atoms with Crippen LogP contribution in [-0.2, 0) is 0 Å². The summed E-state index contributed by atoms with van der Waals surface area (Å²) >= 11 is 1.80. The summed E-state index contributed by atoms with van der Waals surface area (Å²) < 4.78 is 0. The molecule has 0 bridgehead atoms. The minimum absolute atomic E-state index is 0.151. The second-order valence-electron chi connectivity index (χ2n) is 2.00. The van der Waals surface area contributed by atoms with Gasteiger partial charge in [0.25, 0.3) is 0 Å². The zero-order valence-electron chi connectivity index (χ0n) is 5.84. The zero-order chi connectivity index (χ0) is 7.11. The predicted octanol–water partition coefficient (Wildman–Crippen LogP) is 1.68. The number of aliphatic hydroxyl groups is 1. The largest absolute Gasteiger partial charge is 0.393 e. The predicted molar refractivity (Wildman–Crippen MR) is 43.8 cm³/mol. The molecule has 0 aliphatic carbocycles. The standard InChI is InChI=1S/C7H14OS/c1-3-5-9-6-4-7(2)8/h3,7-8H,1,4-6H2,2H3/t7-/m0/s1. The third kappa shape index (κ3) is 8.05. The van der Waals surface area contributed by atoms with Crippen molar-refractivity contribution in [3.05, 3.63) is 12.7 Å². The number of thioether (sulfide) groups is 1. The van der Waals surface area contributed by atoms with Crippen LogP contribution in [0.5, 0.6) is 0 Å². The molecule has 9 heavy (non-hydrogen) atoms. The van der Waals surface area contributed by atoms with E-state index in [0.717, 1.165) is 17.9 Å². The smallest absolute Gasteiger partial charge is 0.0520 e. The van der Waals surface area contributed by atoms with Gasteiger partial charge in [-0.05, 0) is 19.1 Å². The first kappa shape index (κ1) is 9.05. The molecule has 0 rings (SSSR count). The molecule has 0 heterocycles. The molecular formula is C7H14OS. The Kier molecular flexibility index (Phi) is 6.21. The molecule has 0 aliphatic heterocycles. The molecule has 1 nitrogen and oxygen atoms in total. The number of aliphatic hydroxyl groups excluding tert-OH is 1. The monoisotopic (exact) mass is 146 g/mol. The Bertz CT molecular complexity index is 71.3. The highest BCUT2D eigenvalue weighted by Gasteiger charge is 1.92. The van der Waals surface area contributed by atoms with Gasteiger partial charge in [-0.3, -0.25) is 0 Å². The molecular weight excluding hydrogens is 132 g/mol. The fourth-order valence-corrected chi connectivity index (χ4v) is 1.26. The summed E-state index contributed by atoms with van der Waals surface area (Å²) in [5.74, 6) is 2.02. The minimum Gasteiger partial charge on any atom is -0.393 e. The van der Waals surface area contributed by atoms with Crippen molar-refractivity contribution in [2.24, 2.45) is 0 Å². The molecule has 0 aromatic heterocycles. The molecule has 0 aliphatic rings. The molecule has 0 fully saturated rings. The van der Waals surface area contributed by atoms with Crippen LogP contribution in [0, 0.1) is 0 Å². The van der Waals surface area contributed by atoms with Crippen molar-refractivity contribution < 1.29 is 5.11 Å². The molecule has 0 amide bonds. The van der Waals surface area contributed by atoms with Crippen molar-refractivity contribution in [2.75, 3.05) is 11.5 Å². The number of hydrogen-bond donors (Lipinski definition) is 1. The summed E-state index contributed by atoms with van der Waals surface area (Å²) in [4.78, 5) is 0. The molecule has 2 heteroatoms. The Balaban J connectivity index is 2.82. The van der Waals surface area contributed by atoms with Gasteiger partial charge in [-0.2, -0.15) is 11.8 Å². The lowest BCUT2D eigenvalue weighted by Gasteiger charge is -2.00. The van der Waals surface area contributed by atoms with Crippen molar-refractivity contribution >= 4 is 11.8 Å². The van der Waals surface area contributed by atoms with Gasteiger partial charge in [0, 0.05) is 5.75 Å². The van der Waals surface area contributed by atoms with E-state index in [1.165, 1.54) is 0 Å². The maximum absolute atomic E-state index is 8.81. The Morgan fingerprint density at radius 3 is 2.89 bits per heavy atom. The Labute approximate surface area is 61.2 Å². The third-order valence-electron chi connectivity index (χ3n) is 0.916. The van der Waals surface area contributed by atoms with Crippen LogP contribution in [-0.4, -0.2) is 22.7 Å². The fourth-order valence-electron chi connectivity index (χ4n) is 0.421. The lowest BCUT2D eigenvalue weighted by atomic mass is 10.3. The average Bonchev–Trinajstić information content (AvgIpc) is 1.80. The SMILES string of the molecule is C=CCSCC[C@H](C)O. The van der Waals surface area contributed by atoms with Crippen LogP contribution in [0.4, 0.5) is 0 Å². The molecule has 1 atom stereocenters. The van der Waals surface area contributed by atoms with E-state index in [0.29, 0.717) is 0 Å². The quantitative estimate of drug-likeness (QED) is 0.470. The minimum atomic E-state index is -0.151. The van der Waals surface area contributed by atoms with Gasteiger partial charge < -0.3 is 5.11 Å². The van der Waals surface area contributed by atoms with Gasteiger partial charge in [0.2, 0.25) is 0 Å². The van der Waals surface area contributed by atoms with Crippen molar-refractivity contribution in [2.45, 2.75) is 19.4 Å². The zero-order valence-corrected chi connectivity index (χ0v) is 6.66. The van der Waals surface area contributed by atoms with E-state index in [1.54, 1.807) is 11.8 Å². The van der Waals surface area contributed by atoms with E-state index >= 15 is 0 Å². The summed E-state index contributed by atoms with van der Waals surface area (Å²) in [6, 6.07) is 0. The van der Waals surface area contributed by atoms with Crippen molar-refractivity contribution in [3.8, 4) is 0 Å². The molecule has 0 saturated heterocycles. The summed E-state index contributed by atoms with van der Waals surface area (Å²) in [6.45, 7) is 5.41. The van der Waals surface area contributed by atoms with Gasteiger partial charge >= 0.3 is 0 Å². The van der Waals surface area contributed by atoms with Crippen LogP contribution in [0.2, 0.25) is 0 Å². The highest BCUT2D eigenvalue weighted by Crippen LogP contribution is 2.03. The normalized spacial score (nSPS) is 13.1. The van der Waals surface area contributed by atoms with Crippen LogP contribution in [0.25, 0.3) is 0 Å². The molecule has 54 valence electrons. The van der Waals surface area contributed by atoms with Crippen molar-refractivity contribution in [1.29, 1.82) is 0 Å². The van der Waals surface area contributed by atoms with E-state index in [-0.39, 0.29) is 6.10 Å². The molecule has 1 N–H and O–H groups in total. The molecule has 0 aromatic rings. The van der Waals surface area contributed by atoms with E-state index in [1.807, 2.05) is 13.0 Å². The van der Waals surface area contributed by atoms with Gasteiger partial charge in [0.05, 0.1) is 6.10 Å². The average molecular weight is 146 g/mol. The van der Waals surface area contributed by atoms with Gasteiger partial charge in [-0.15, -0.1) is 6.58 Å². The maximum Gasteiger partial charge on any atom is 0.0520 e. The van der Waals surface area contributed by atoms with Gasteiger partial charge in [-0.1, -0.05) is 6.08 Å². The Morgan fingerprint density at radius 1 is 1.78 bits per heavy atom. The Morgan fingerprint density at radius 2 is 2.44 bits per heavy atom. The lowest BCUT2D eigenvalue weighted by Crippen LogP contribution is -2.00. The third-order valence-corrected chi connectivity index (χ3v) is 1.91. The molecule has 0 radical (unpaired) electrons. The topological polar surface area (TPSA) is 20.2 Å². The van der Waals surface area contributed by atoms with Crippen LogP contribution < -0.4 is 0 Å². The lowest BCUT2D eigenvalue weighted by molar-refractivity contribution is 0.192. The van der Waals surface area contributed by atoms with Gasteiger partial charge in [0.15, 0.2) is 0 Å². The number of hydrogen-bond acceptors (Lipinski definition) is 2. The summed E-state index contributed by atoms with van der Waals surface area (Å²) in [7, 11) is 0. The first-order chi connectivity index (χ1) is 4.27. The number of rotatable bonds is 5. The first-order valence-electron chi connectivity index (χ1n) is 3.14. The van der Waals surface area contributed by atoms with E-state index in [4.69, 9.17) is 5.11 Å². The van der Waals surface area contributed by atoms with Gasteiger partial charge in [-0.25, -0.2) is 0 Å². The van der Waals surface area contributed by atoms with E-state index < -0.39 is 0 Å². The van der Waals surface area contributed by atoms with Crippen molar-refractivity contribution in [3.63, 3.8) is 0 Å². The van der Waals surface area contributed by atoms with Gasteiger partial charge in [0.1, 0.15) is 0 Å². The van der Waals surface area contributed by atoms with E-state index in [9.17, 15) is 0 Å². The summed E-state index contributed by atoms with van der Waals surface area (Å²) in [5, 5.41) is 8.81. The Hall–Kier alpha value is 0.0500. The summed E-state index contributed by atoms with van der Waals surface area (Å²) in [6.07, 6.45) is 2.62. The molecule has 0 saturated carbocycles. The highest BCUT2D eigenvalue weighted by atomic mass is 32.2. The van der Waals surface area contributed by atoms with Crippen molar-refractivity contribution in [1.82, 2.24) is 0 Å². The van der Waals surface area contributed by atoms with E-state index in [2.05, 4.69) is 6.58 Å². The molecule has 0 unspecified atom stereocenters. The van der Waals surface area contributed by atoms with Crippen LogP contribution in [0.15, 0.2) is 12.7 Å². The highest BCUT2D eigenvalue weighted by molar-refractivity contribution is 7.99. The van der Waals surface area contributed by atoms with Crippen LogP contribution >= 0.6 is 11.8 Å². The maximum atomic E-state index is 8.81. The second kappa shape index (κ2) is 6.17. The molecule has 0 aromatic carbocycles. The second-order valence-corrected chi connectivity index (χ2v) is 3.15. The summed E-state index contributed by atoms with van der Waals surface area (Å²) in [5.41, 5.74) is 0. The first-order valence-corrected chi connectivity index (χ1v) is 4.29.